The van der Waals surface area contributed by atoms with Crippen LogP contribution in [0.15, 0.2) is 72.9 Å². The largest absolute Gasteiger partial charge is 0.472 e. The Kier molecular flexibility index (Phi) is 60.6. The Bertz CT molecular complexity index is 1490. The van der Waals surface area contributed by atoms with Crippen LogP contribution in [0.25, 0.3) is 0 Å². The summed E-state index contributed by atoms with van der Waals surface area (Å²) in [5, 5.41) is 0. The minimum absolute atomic E-state index is 0.0506. The highest BCUT2D eigenvalue weighted by molar-refractivity contribution is 7.47. The van der Waals surface area contributed by atoms with Crippen molar-refractivity contribution in [2.45, 2.75) is 315 Å². The molecule has 77 heavy (non-hydrogen) atoms. The van der Waals surface area contributed by atoms with E-state index in [0.717, 1.165) is 77.0 Å². The van der Waals surface area contributed by atoms with Crippen LogP contribution in [-0.4, -0.2) is 49.3 Å². The van der Waals surface area contributed by atoms with Crippen LogP contribution in [-0.2, 0) is 32.7 Å². The number of carbonyl (C=O) groups excluding carboxylic acids is 2. The maximum Gasteiger partial charge on any atom is 0.472 e. The number of hydrogen-bond donors (Lipinski definition) is 2. The van der Waals surface area contributed by atoms with E-state index in [1.807, 2.05) is 0 Å². The third kappa shape index (κ3) is 62.5. The van der Waals surface area contributed by atoms with Gasteiger partial charge in [-0.2, -0.15) is 0 Å². The number of allylic oxidation sites excluding steroid dienone is 12. The van der Waals surface area contributed by atoms with E-state index in [9.17, 15) is 19.0 Å². The van der Waals surface area contributed by atoms with Gasteiger partial charge in [-0.25, -0.2) is 4.57 Å². The number of carbonyl (C=O) groups is 2. The molecule has 0 fully saturated rings. The molecule has 0 aromatic rings. The fourth-order valence-corrected chi connectivity index (χ4v) is 10.1. The van der Waals surface area contributed by atoms with E-state index >= 15 is 0 Å². The number of hydrogen-bond acceptors (Lipinski definition) is 8. The number of esters is 2. The summed E-state index contributed by atoms with van der Waals surface area (Å²) in [4.78, 5) is 35.3. The fraction of sp³-hybridized carbons (Fsp3) is 0.791. The molecular weight excluding hydrogens is 978 g/mol. The lowest BCUT2D eigenvalue weighted by Crippen LogP contribution is -2.29. The van der Waals surface area contributed by atoms with Crippen molar-refractivity contribution >= 4 is 19.8 Å². The summed E-state index contributed by atoms with van der Waals surface area (Å²) in [6, 6.07) is 0. The first-order valence-electron chi connectivity index (χ1n) is 32.4. The zero-order valence-corrected chi connectivity index (χ0v) is 51.1. The molecule has 2 atom stereocenters. The molecule has 0 saturated heterocycles. The summed E-state index contributed by atoms with van der Waals surface area (Å²) >= 11 is 0. The average Bonchev–Trinajstić information content (AvgIpc) is 3.42. The Morgan fingerprint density at radius 3 is 1.06 bits per heavy atom. The minimum Gasteiger partial charge on any atom is -0.462 e. The molecule has 0 aliphatic carbocycles. The third-order valence-electron chi connectivity index (χ3n) is 14.1. The molecule has 0 aromatic carbocycles. The Balaban J connectivity index is 3.84. The lowest BCUT2D eigenvalue weighted by Gasteiger charge is -2.19. The van der Waals surface area contributed by atoms with Crippen LogP contribution in [0, 0.1) is 0 Å². The summed E-state index contributed by atoms with van der Waals surface area (Å²) < 4.78 is 33.1. The van der Waals surface area contributed by atoms with Crippen LogP contribution in [0.5, 0.6) is 0 Å². The van der Waals surface area contributed by atoms with Gasteiger partial charge in [-0.3, -0.25) is 18.6 Å². The maximum atomic E-state index is 12.7. The molecule has 0 heterocycles. The molecule has 0 aliphatic heterocycles. The summed E-state index contributed by atoms with van der Waals surface area (Å²) in [6.45, 7) is 3.65. The molecule has 0 spiro atoms. The first-order chi connectivity index (χ1) is 37.8. The zero-order valence-electron chi connectivity index (χ0n) is 50.2. The second-order valence-electron chi connectivity index (χ2n) is 21.6. The maximum absolute atomic E-state index is 12.7. The van der Waals surface area contributed by atoms with Crippen LogP contribution in [0.2, 0.25) is 0 Å². The van der Waals surface area contributed by atoms with Gasteiger partial charge < -0.3 is 20.1 Å². The quantitative estimate of drug-likeness (QED) is 0.0264. The normalized spacial score (nSPS) is 13.5. The van der Waals surface area contributed by atoms with Crippen molar-refractivity contribution < 1.29 is 37.6 Å². The number of nitrogens with two attached hydrogens (primary N) is 1. The number of ether oxygens (including phenoxy) is 2. The van der Waals surface area contributed by atoms with Crippen molar-refractivity contribution in [3.05, 3.63) is 72.9 Å². The third-order valence-corrected chi connectivity index (χ3v) is 15.1. The minimum atomic E-state index is -4.39. The molecule has 448 valence electrons. The average molecular weight is 1100 g/mol. The van der Waals surface area contributed by atoms with Crippen molar-refractivity contribution in [1.29, 1.82) is 0 Å². The van der Waals surface area contributed by atoms with Crippen LogP contribution in [0.3, 0.4) is 0 Å². The van der Waals surface area contributed by atoms with Gasteiger partial charge in [-0.15, -0.1) is 0 Å². The monoisotopic (exact) mass is 1100 g/mol. The highest BCUT2D eigenvalue weighted by Crippen LogP contribution is 2.43. The smallest absolute Gasteiger partial charge is 0.462 e. The summed E-state index contributed by atoms with van der Waals surface area (Å²) in [5.74, 6) is -0.827. The predicted molar refractivity (Wildman–Crippen MR) is 330 cm³/mol. The molecule has 0 bridgehead atoms. The summed E-state index contributed by atoms with van der Waals surface area (Å²) in [7, 11) is -4.39. The molecule has 3 N–H and O–H groups in total. The predicted octanol–water partition coefficient (Wildman–Crippen LogP) is 20.9. The molecule has 0 radical (unpaired) electrons. The van der Waals surface area contributed by atoms with Crippen molar-refractivity contribution in [1.82, 2.24) is 0 Å². The Morgan fingerprint density at radius 1 is 0.403 bits per heavy atom. The molecule has 0 amide bonds. The zero-order chi connectivity index (χ0) is 55.9. The van der Waals surface area contributed by atoms with Crippen LogP contribution < -0.4 is 5.73 Å². The number of rotatable bonds is 61. The Labute approximate surface area is 475 Å². The lowest BCUT2D eigenvalue weighted by molar-refractivity contribution is -0.161. The fourth-order valence-electron chi connectivity index (χ4n) is 9.31. The van der Waals surface area contributed by atoms with E-state index in [1.54, 1.807) is 0 Å². The summed E-state index contributed by atoms with van der Waals surface area (Å²) in [6.07, 6.45) is 81.3. The topological polar surface area (TPSA) is 134 Å². The molecule has 0 rings (SSSR count). The van der Waals surface area contributed by atoms with Gasteiger partial charge in [0.1, 0.15) is 6.61 Å². The Morgan fingerprint density at radius 2 is 0.714 bits per heavy atom. The van der Waals surface area contributed by atoms with Crippen LogP contribution >= 0.6 is 7.82 Å². The van der Waals surface area contributed by atoms with Crippen molar-refractivity contribution in [2.24, 2.45) is 5.73 Å². The van der Waals surface area contributed by atoms with E-state index in [0.29, 0.717) is 6.42 Å². The second kappa shape index (κ2) is 62.6. The Hall–Kier alpha value is -2.55. The van der Waals surface area contributed by atoms with E-state index in [2.05, 4.69) is 86.8 Å². The van der Waals surface area contributed by atoms with Gasteiger partial charge in [0.2, 0.25) is 0 Å². The molecular formula is C67H122NO8P. The SMILES string of the molecule is CC/C=C\C/C=C\C/C=C\C/C=C\CCCCCCCCCCC(=O)OC(COC(=O)CCCCCCCCCCCCCCCCCCCCCCCCC/C=C\C/C=C\CCCCCCC)COP(=O)(O)OCCN. The van der Waals surface area contributed by atoms with Crippen molar-refractivity contribution in [2.75, 3.05) is 26.4 Å². The highest BCUT2D eigenvalue weighted by Gasteiger charge is 2.26. The molecule has 10 heteroatoms. The molecule has 0 aliphatic rings. The van der Waals surface area contributed by atoms with E-state index in [1.165, 1.54) is 199 Å². The molecule has 9 nitrogen and oxygen atoms in total. The van der Waals surface area contributed by atoms with Gasteiger partial charge >= 0.3 is 19.8 Å². The second-order valence-corrected chi connectivity index (χ2v) is 23.1. The van der Waals surface area contributed by atoms with Crippen molar-refractivity contribution in [3.8, 4) is 0 Å². The first kappa shape index (κ1) is 74.5. The lowest BCUT2D eigenvalue weighted by atomic mass is 10.0. The molecule has 0 saturated carbocycles. The van der Waals surface area contributed by atoms with E-state index in [4.69, 9.17) is 24.3 Å². The molecule has 0 aromatic heterocycles. The van der Waals surface area contributed by atoms with E-state index in [-0.39, 0.29) is 38.6 Å². The van der Waals surface area contributed by atoms with Crippen LogP contribution in [0.4, 0.5) is 0 Å². The van der Waals surface area contributed by atoms with Crippen LogP contribution in [0.1, 0.15) is 309 Å². The van der Waals surface area contributed by atoms with Gasteiger partial charge in [-0.05, 0) is 83.5 Å². The first-order valence-corrected chi connectivity index (χ1v) is 33.9. The summed E-state index contributed by atoms with van der Waals surface area (Å²) in [5.41, 5.74) is 5.39. The number of unbranched alkanes of at least 4 members (excludes halogenated alkanes) is 36. The number of phosphoric ester groups is 1. The van der Waals surface area contributed by atoms with Gasteiger partial charge in [0, 0.05) is 19.4 Å². The van der Waals surface area contributed by atoms with Gasteiger partial charge in [0.15, 0.2) is 6.10 Å². The van der Waals surface area contributed by atoms with Gasteiger partial charge in [0.25, 0.3) is 0 Å². The highest BCUT2D eigenvalue weighted by atomic mass is 31.2. The molecule has 2 unspecified atom stereocenters. The standard InChI is InChI=1S/C67H122NO8P/c1-3-5-7-9-11-13-15-17-19-21-23-25-26-27-28-29-30-31-32-33-34-35-36-37-38-40-41-43-45-47-49-51-53-55-57-59-66(69)73-63-65(64-75-77(71,72)74-62-61-68)76-67(70)60-58-56-54-52-50-48-46-44-42-39-24-22-20-18-16-14-12-10-8-6-4-2/h6,8,12,14-15,17-18,20-21,23-24,39,65H,3-5,7,9-11,13,16,19,22,25-38,40-64,68H2,1-2H3,(H,71,72)/b8-6-,14-12-,17-15-,20-18-,23-21-,39-24-. The van der Waals surface area contributed by atoms with Crippen molar-refractivity contribution in [3.63, 3.8) is 0 Å². The van der Waals surface area contributed by atoms with Gasteiger partial charge in [0.05, 0.1) is 13.2 Å². The number of phosphoric acid groups is 1. The van der Waals surface area contributed by atoms with E-state index < -0.39 is 26.5 Å². The van der Waals surface area contributed by atoms with Gasteiger partial charge in [-0.1, -0.05) is 286 Å².